The van der Waals surface area contributed by atoms with Gasteiger partial charge in [-0.2, -0.15) is 5.26 Å². The zero-order chi connectivity index (χ0) is 13.0. The van der Waals surface area contributed by atoms with Gasteiger partial charge in [-0.1, -0.05) is 12.1 Å². The molecule has 90 valence electrons. The Bertz CT molecular complexity index is 586. The summed E-state index contributed by atoms with van der Waals surface area (Å²) in [6, 6.07) is 12.2. The first-order valence-corrected chi connectivity index (χ1v) is 5.37. The van der Waals surface area contributed by atoms with Crippen molar-refractivity contribution in [3.63, 3.8) is 0 Å². The first-order chi connectivity index (χ1) is 8.69. The monoisotopic (exact) mass is 244 g/mol. The van der Waals surface area contributed by atoms with E-state index in [1.165, 1.54) is 0 Å². The largest absolute Gasteiger partial charge is 0.379 e. The van der Waals surface area contributed by atoms with Crippen LogP contribution in [0.15, 0.2) is 42.5 Å². The molecule has 18 heavy (non-hydrogen) atoms. The Labute approximate surface area is 103 Å². The Balaban J connectivity index is 2.07. The molecular weight excluding hydrogens is 234 g/mol. The molecule has 0 atom stereocenters. The highest BCUT2D eigenvalue weighted by Gasteiger charge is 2.03. The maximum absolute atomic E-state index is 13.3. The minimum Gasteiger partial charge on any atom is -0.379 e. The van der Waals surface area contributed by atoms with Crippen LogP contribution in [0.4, 0.5) is 14.5 Å². The molecule has 0 bridgehead atoms. The second-order valence-corrected chi connectivity index (χ2v) is 3.79. The van der Waals surface area contributed by atoms with Gasteiger partial charge in [0.2, 0.25) is 0 Å². The van der Waals surface area contributed by atoms with Crippen LogP contribution in [0, 0.1) is 23.0 Å². The summed E-state index contributed by atoms with van der Waals surface area (Å²) in [5, 5.41) is 11.5. The number of hydrogen-bond donors (Lipinski definition) is 1. The van der Waals surface area contributed by atoms with Gasteiger partial charge in [0.05, 0.1) is 17.3 Å². The van der Waals surface area contributed by atoms with Crippen molar-refractivity contribution in [2.45, 2.75) is 6.54 Å². The lowest BCUT2D eigenvalue weighted by molar-refractivity contribution is 0.602. The maximum Gasteiger partial charge on any atom is 0.146 e. The molecule has 0 aliphatic rings. The van der Waals surface area contributed by atoms with Crippen molar-refractivity contribution in [2.75, 3.05) is 5.32 Å². The Kier molecular flexibility index (Phi) is 3.54. The first kappa shape index (κ1) is 12.1. The van der Waals surface area contributed by atoms with Gasteiger partial charge in [-0.05, 0) is 35.9 Å². The highest BCUT2D eigenvalue weighted by Crippen LogP contribution is 2.16. The van der Waals surface area contributed by atoms with Gasteiger partial charge >= 0.3 is 0 Å². The average molecular weight is 244 g/mol. The van der Waals surface area contributed by atoms with Crippen LogP contribution in [0.3, 0.4) is 0 Å². The van der Waals surface area contributed by atoms with Crippen LogP contribution in [0.1, 0.15) is 11.1 Å². The molecule has 0 radical (unpaired) electrons. The van der Waals surface area contributed by atoms with Crippen LogP contribution in [0.25, 0.3) is 0 Å². The van der Waals surface area contributed by atoms with Gasteiger partial charge < -0.3 is 5.32 Å². The summed E-state index contributed by atoms with van der Waals surface area (Å²) >= 11 is 0. The van der Waals surface area contributed by atoms with E-state index in [4.69, 9.17) is 5.26 Å². The fourth-order valence-corrected chi connectivity index (χ4v) is 1.53. The quantitative estimate of drug-likeness (QED) is 0.897. The van der Waals surface area contributed by atoms with Gasteiger partial charge in [0.1, 0.15) is 11.6 Å². The molecular formula is C14H10F2N2. The molecule has 2 aromatic carbocycles. The summed E-state index contributed by atoms with van der Waals surface area (Å²) in [6.45, 7) is 0.367. The molecule has 0 saturated carbocycles. The lowest BCUT2D eigenvalue weighted by Gasteiger charge is -2.07. The van der Waals surface area contributed by atoms with Crippen molar-refractivity contribution in [3.8, 4) is 6.07 Å². The van der Waals surface area contributed by atoms with E-state index in [0.29, 0.717) is 12.1 Å². The number of nitrogens with one attached hydrogen (secondary N) is 1. The normalized spacial score (nSPS) is 9.83. The number of rotatable bonds is 3. The number of benzene rings is 2. The predicted molar refractivity (Wildman–Crippen MR) is 64.8 cm³/mol. The molecule has 2 nitrogen and oxygen atoms in total. The van der Waals surface area contributed by atoms with Crippen molar-refractivity contribution in [1.29, 1.82) is 5.26 Å². The molecule has 0 unspecified atom stereocenters. The number of halogens is 2. The SMILES string of the molecule is N#Cc1ccc(CNc2cc(F)ccc2F)cc1. The van der Waals surface area contributed by atoms with Gasteiger partial charge in [-0.15, -0.1) is 0 Å². The third-order valence-electron chi connectivity index (χ3n) is 2.49. The van der Waals surface area contributed by atoms with Crippen LogP contribution < -0.4 is 5.32 Å². The Morgan fingerprint density at radius 2 is 1.78 bits per heavy atom. The number of nitriles is 1. The Morgan fingerprint density at radius 3 is 2.44 bits per heavy atom. The van der Waals surface area contributed by atoms with Crippen LogP contribution in [-0.2, 0) is 6.54 Å². The van der Waals surface area contributed by atoms with Gasteiger partial charge in [0.15, 0.2) is 0 Å². The van der Waals surface area contributed by atoms with Crippen LogP contribution in [0.2, 0.25) is 0 Å². The molecule has 2 rings (SSSR count). The zero-order valence-electron chi connectivity index (χ0n) is 9.45. The van der Waals surface area contributed by atoms with Gasteiger partial charge in [-0.25, -0.2) is 8.78 Å². The summed E-state index contributed by atoms with van der Waals surface area (Å²) in [5.74, 6) is -0.983. The number of anilines is 1. The third kappa shape index (κ3) is 2.83. The zero-order valence-corrected chi connectivity index (χ0v) is 9.45. The molecule has 0 aliphatic heterocycles. The second-order valence-electron chi connectivity index (χ2n) is 3.79. The van der Waals surface area contributed by atoms with Crippen molar-refractivity contribution in [2.24, 2.45) is 0 Å². The summed E-state index contributed by atoms with van der Waals surface area (Å²) in [5.41, 5.74) is 1.58. The molecule has 2 aromatic rings. The molecule has 0 aromatic heterocycles. The fraction of sp³-hybridized carbons (Fsp3) is 0.0714. The average Bonchev–Trinajstić information content (AvgIpc) is 2.40. The molecule has 0 heterocycles. The first-order valence-electron chi connectivity index (χ1n) is 5.37. The van der Waals surface area contributed by atoms with Crippen molar-refractivity contribution in [3.05, 3.63) is 65.2 Å². The standard InChI is InChI=1S/C14H10F2N2/c15-12-5-6-13(16)14(7-12)18-9-11-3-1-10(8-17)2-4-11/h1-7,18H,9H2. The van der Waals surface area contributed by atoms with E-state index in [2.05, 4.69) is 5.32 Å². The van der Waals surface area contributed by atoms with Crippen LogP contribution in [0.5, 0.6) is 0 Å². The smallest absolute Gasteiger partial charge is 0.146 e. The Morgan fingerprint density at radius 1 is 1.06 bits per heavy atom. The second kappa shape index (κ2) is 5.28. The highest BCUT2D eigenvalue weighted by atomic mass is 19.1. The van der Waals surface area contributed by atoms with Gasteiger partial charge in [0.25, 0.3) is 0 Å². The van der Waals surface area contributed by atoms with Gasteiger partial charge in [-0.3, -0.25) is 0 Å². The molecule has 0 amide bonds. The molecule has 0 fully saturated rings. The molecule has 0 spiro atoms. The minimum atomic E-state index is -0.495. The van der Waals surface area contributed by atoms with E-state index >= 15 is 0 Å². The fourth-order valence-electron chi connectivity index (χ4n) is 1.53. The predicted octanol–water partition coefficient (Wildman–Crippen LogP) is 3.45. The van der Waals surface area contributed by atoms with Crippen molar-refractivity contribution < 1.29 is 8.78 Å². The van der Waals surface area contributed by atoms with Gasteiger partial charge in [0, 0.05) is 6.54 Å². The lowest BCUT2D eigenvalue weighted by atomic mass is 10.1. The van der Waals surface area contributed by atoms with E-state index in [1.54, 1.807) is 24.3 Å². The van der Waals surface area contributed by atoms with E-state index in [1.807, 2.05) is 6.07 Å². The summed E-state index contributed by atoms with van der Waals surface area (Å²) in [4.78, 5) is 0. The van der Waals surface area contributed by atoms with E-state index in [9.17, 15) is 8.78 Å². The summed E-state index contributed by atoms with van der Waals surface area (Å²) in [6.07, 6.45) is 0. The number of hydrogen-bond acceptors (Lipinski definition) is 2. The molecule has 1 N–H and O–H groups in total. The highest BCUT2D eigenvalue weighted by molar-refractivity contribution is 5.45. The van der Waals surface area contributed by atoms with E-state index in [0.717, 1.165) is 23.8 Å². The third-order valence-corrected chi connectivity index (χ3v) is 2.49. The van der Waals surface area contributed by atoms with E-state index in [-0.39, 0.29) is 5.69 Å². The molecule has 4 heteroatoms. The van der Waals surface area contributed by atoms with Crippen molar-refractivity contribution >= 4 is 5.69 Å². The number of nitrogens with zero attached hydrogens (tertiary/aromatic N) is 1. The van der Waals surface area contributed by atoms with Crippen molar-refractivity contribution in [1.82, 2.24) is 0 Å². The van der Waals surface area contributed by atoms with E-state index < -0.39 is 11.6 Å². The molecule has 0 saturated heterocycles. The minimum absolute atomic E-state index is 0.124. The lowest BCUT2D eigenvalue weighted by Crippen LogP contribution is -2.01. The molecule has 0 aliphatic carbocycles. The maximum atomic E-state index is 13.3. The summed E-state index contributed by atoms with van der Waals surface area (Å²) in [7, 11) is 0. The Hall–Kier alpha value is -2.41. The topological polar surface area (TPSA) is 35.8 Å². The van der Waals surface area contributed by atoms with Crippen LogP contribution in [-0.4, -0.2) is 0 Å². The summed E-state index contributed by atoms with van der Waals surface area (Å²) < 4.78 is 26.2. The van der Waals surface area contributed by atoms with Crippen LogP contribution >= 0.6 is 0 Å².